The highest BCUT2D eigenvalue weighted by Crippen LogP contribution is 2.52. The molecule has 5 aromatic carbocycles. The zero-order valence-corrected chi connectivity index (χ0v) is 31.2. The van der Waals surface area contributed by atoms with Gasteiger partial charge in [0, 0.05) is 5.39 Å². The Bertz CT molecular complexity index is 2440. The van der Waals surface area contributed by atoms with Gasteiger partial charge in [-0.3, -0.25) is 9.59 Å². The molecule has 7 nitrogen and oxygen atoms in total. The van der Waals surface area contributed by atoms with Crippen LogP contribution in [0.3, 0.4) is 0 Å². The van der Waals surface area contributed by atoms with E-state index in [4.69, 9.17) is 9.39 Å². The second-order valence-corrected chi connectivity index (χ2v) is 15.0. The van der Waals surface area contributed by atoms with Crippen LogP contribution in [0, 0.1) is 17.8 Å². The number of phenolic OH excluding ortho intramolecular Hbond substituents is 1. The Labute approximate surface area is 335 Å². The number of carbonyl (C=O) groups is 2. The Hall–Kier alpha value is -5.86. The summed E-state index contributed by atoms with van der Waals surface area (Å²) in [6, 6.07) is 30.0. The number of benzene rings is 5. The van der Waals surface area contributed by atoms with Crippen molar-refractivity contribution >= 4 is 47.0 Å². The maximum atomic E-state index is 14.4. The number of halogens is 6. The van der Waals surface area contributed by atoms with Gasteiger partial charge in [0.15, 0.2) is 0 Å². The van der Waals surface area contributed by atoms with Crippen molar-refractivity contribution in [1.82, 2.24) is 0 Å². The smallest absolute Gasteiger partial charge is 0.455 e. The first-order valence-electron chi connectivity index (χ1n) is 19.0. The lowest BCUT2D eigenvalue weighted by Crippen LogP contribution is -2.46. The molecule has 2 N–H and O–H groups in total. The third kappa shape index (κ3) is 7.98. The molecule has 0 radical (unpaired) electrons. The number of imide groups is 1. The molecule has 3 aliphatic rings. The quantitative estimate of drug-likeness (QED) is 0.0506. The zero-order chi connectivity index (χ0) is 41.6. The molecule has 302 valence electrons. The number of fused-ring (bicyclic) bond motifs is 4. The number of hydrogen-bond donors (Lipinski definition) is 2. The standard InChI is InChI=1S/C45H36BF6NO6/c47-44(48,49)30-21-31(45(50,51)52)23-32(22-30)53-42(55)36-20-29(25-58-33-11-5-2-6-12-33)40-37(41(36)43(53)56)24-46(57)59-39(40)18-16-27(26-9-3-1-4-10-26)19-28-15-17-38(54)35-14-8-7-13-34(28)35/h1-15,17,19,21-23,36-37,39,41,54,57H,16,18,20,24-25H2/b27-19-/t36-,37+,39-,41-/m1/s1. The first-order valence-corrected chi connectivity index (χ1v) is 19.0. The summed E-state index contributed by atoms with van der Waals surface area (Å²) in [5, 5.41) is 23.3. The van der Waals surface area contributed by atoms with Crippen LogP contribution in [-0.4, -0.2) is 41.8 Å². The average Bonchev–Trinajstić information content (AvgIpc) is 3.47. The van der Waals surface area contributed by atoms with Crippen molar-refractivity contribution in [2.75, 3.05) is 11.5 Å². The minimum absolute atomic E-state index is 0.0536. The summed E-state index contributed by atoms with van der Waals surface area (Å²) < 4.78 is 95.8. The fourth-order valence-electron chi connectivity index (χ4n) is 8.76. The number of phenols is 1. The highest BCUT2D eigenvalue weighted by atomic mass is 19.4. The summed E-state index contributed by atoms with van der Waals surface area (Å²) in [5.74, 6) is -4.45. The number of ether oxygens (including phenoxy) is 1. The van der Waals surface area contributed by atoms with Crippen LogP contribution in [0.2, 0.25) is 6.32 Å². The monoisotopic (exact) mass is 811 g/mol. The van der Waals surface area contributed by atoms with Crippen LogP contribution in [0.5, 0.6) is 11.5 Å². The van der Waals surface area contributed by atoms with Crippen LogP contribution >= 0.6 is 0 Å². The summed E-state index contributed by atoms with van der Waals surface area (Å²) in [4.78, 5) is 28.9. The zero-order valence-electron chi connectivity index (χ0n) is 31.2. The second kappa shape index (κ2) is 15.7. The molecule has 4 atom stereocenters. The predicted octanol–water partition coefficient (Wildman–Crippen LogP) is 9.98. The van der Waals surface area contributed by atoms with Crippen molar-refractivity contribution in [3.05, 3.63) is 149 Å². The van der Waals surface area contributed by atoms with Gasteiger partial charge in [0.05, 0.1) is 34.8 Å². The van der Waals surface area contributed by atoms with Crippen LogP contribution in [0.4, 0.5) is 32.0 Å². The van der Waals surface area contributed by atoms with Gasteiger partial charge in [-0.1, -0.05) is 84.9 Å². The maximum Gasteiger partial charge on any atom is 0.455 e. The van der Waals surface area contributed by atoms with Crippen molar-refractivity contribution in [2.45, 2.75) is 44.0 Å². The Kier molecular flexibility index (Phi) is 10.6. The minimum atomic E-state index is -5.20. The van der Waals surface area contributed by atoms with Crippen molar-refractivity contribution < 1.29 is 55.5 Å². The Balaban J connectivity index is 1.18. The lowest BCUT2D eigenvalue weighted by atomic mass is 9.58. The van der Waals surface area contributed by atoms with Gasteiger partial charge >= 0.3 is 19.5 Å². The van der Waals surface area contributed by atoms with E-state index in [-0.39, 0.29) is 37.6 Å². The van der Waals surface area contributed by atoms with Gasteiger partial charge in [0.2, 0.25) is 11.8 Å². The topological polar surface area (TPSA) is 96.3 Å². The third-order valence-corrected chi connectivity index (χ3v) is 11.4. The lowest BCUT2D eigenvalue weighted by Gasteiger charge is -2.43. The van der Waals surface area contributed by atoms with E-state index in [0.29, 0.717) is 45.7 Å². The Morgan fingerprint density at radius 2 is 1.42 bits per heavy atom. The van der Waals surface area contributed by atoms with Gasteiger partial charge in [-0.15, -0.1) is 0 Å². The number of alkyl halides is 6. The molecule has 0 unspecified atom stereocenters. The van der Waals surface area contributed by atoms with Crippen LogP contribution in [0.25, 0.3) is 22.4 Å². The van der Waals surface area contributed by atoms with E-state index in [2.05, 4.69) is 0 Å². The number of aromatic hydroxyl groups is 1. The molecule has 1 aliphatic carbocycles. The number of amides is 2. The van der Waals surface area contributed by atoms with Gasteiger partial charge < -0.3 is 19.5 Å². The molecule has 5 aromatic rings. The van der Waals surface area contributed by atoms with Crippen molar-refractivity contribution in [2.24, 2.45) is 17.8 Å². The molecule has 2 aliphatic heterocycles. The summed E-state index contributed by atoms with van der Waals surface area (Å²) in [6.45, 7) is -0.0564. The Morgan fingerprint density at radius 1 is 0.797 bits per heavy atom. The normalized spacial score (nSPS) is 21.2. The molecule has 14 heteroatoms. The van der Waals surface area contributed by atoms with E-state index in [1.54, 1.807) is 36.4 Å². The summed E-state index contributed by atoms with van der Waals surface area (Å²) in [5.41, 5.74) is -0.308. The Morgan fingerprint density at radius 3 is 2.08 bits per heavy atom. The molecule has 0 aromatic heterocycles. The molecule has 0 bridgehead atoms. The largest absolute Gasteiger partial charge is 0.507 e. The van der Waals surface area contributed by atoms with Gasteiger partial charge in [0.1, 0.15) is 18.1 Å². The van der Waals surface area contributed by atoms with Crippen LogP contribution in [0.1, 0.15) is 41.5 Å². The highest BCUT2D eigenvalue weighted by Gasteiger charge is 2.58. The van der Waals surface area contributed by atoms with E-state index >= 15 is 0 Å². The van der Waals surface area contributed by atoms with Crippen molar-refractivity contribution in [3.8, 4) is 11.5 Å². The van der Waals surface area contributed by atoms with Crippen LogP contribution in [-0.2, 0) is 26.6 Å². The second-order valence-electron chi connectivity index (χ2n) is 15.0. The summed E-state index contributed by atoms with van der Waals surface area (Å²) in [7, 11) is -1.41. The van der Waals surface area contributed by atoms with Gasteiger partial charge in [-0.05, 0) is 101 Å². The summed E-state index contributed by atoms with van der Waals surface area (Å²) in [6.07, 6.45) is -8.77. The average molecular weight is 812 g/mol. The fraction of sp³-hybridized carbons (Fsp3) is 0.244. The SMILES string of the molecule is O=C1[C@@H]2[C@@H](CC(COc3ccccc3)=C3[C@@H](CC/C(=C/c4ccc(O)c5ccccc45)c4ccccc4)OB(O)C[C@@H]32)C(=O)N1c1cc(C(F)(F)F)cc(C(F)(F)F)c1. The van der Waals surface area contributed by atoms with Crippen LogP contribution < -0.4 is 9.64 Å². The fourth-order valence-corrected chi connectivity index (χ4v) is 8.76. The third-order valence-electron chi connectivity index (χ3n) is 11.4. The number of rotatable bonds is 9. The number of allylic oxidation sites excluding steroid dienone is 1. The van der Waals surface area contributed by atoms with Gasteiger partial charge in [0.25, 0.3) is 0 Å². The van der Waals surface area contributed by atoms with Gasteiger partial charge in [-0.25, -0.2) is 4.90 Å². The van der Waals surface area contributed by atoms with E-state index < -0.39 is 72.0 Å². The maximum absolute atomic E-state index is 14.4. The lowest BCUT2D eigenvalue weighted by molar-refractivity contribution is -0.143. The van der Waals surface area contributed by atoms with Crippen molar-refractivity contribution in [3.63, 3.8) is 0 Å². The number of anilines is 1. The van der Waals surface area contributed by atoms with E-state index in [1.807, 2.05) is 66.7 Å². The number of carbonyl (C=O) groups excluding carboxylic acids is 2. The predicted molar refractivity (Wildman–Crippen MR) is 210 cm³/mol. The molecule has 2 saturated heterocycles. The molecular formula is C45H36BF6NO6. The minimum Gasteiger partial charge on any atom is -0.507 e. The number of para-hydroxylation sites is 1. The molecule has 0 spiro atoms. The molecule has 2 fully saturated rings. The number of nitrogens with zero attached hydrogens (tertiary/aromatic N) is 1. The van der Waals surface area contributed by atoms with Crippen LogP contribution in [0.15, 0.2) is 126 Å². The first-order chi connectivity index (χ1) is 28.2. The highest BCUT2D eigenvalue weighted by molar-refractivity contribution is 6.43. The number of hydrogen-bond acceptors (Lipinski definition) is 6. The molecule has 59 heavy (non-hydrogen) atoms. The first kappa shape index (κ1) is 39.9. The summed E-state index contributed by atoms with van der Waals surface area (Å²) >= 11 is 0. The van der Waals surface area contributed by atoms with Crippen molar-refractivity contribution in [1.29, 1.82) is 0 Å². The molecule has 8 rings (SSSR count). The molecule has 0 saturated carbocycles. The van der Waals surface area contributed by atoms with Gasteiger partial charge in [-0.2, -0.15) is 26.3 Å². The molecular weight excluding hydrogens is 775 g/mol. The van der Waals surface area contributed by atoms with E-state index in [0.717, 1.165) is 22.1 Å². The molecule has 2 amide bonds. The van der Waals surface area contributed by atoms with E-state index in [9.17, 15) is 46.1 Å². The molecule has 2 heterocycles. The van der Waals surface area contributed by atoms with E-state index in [1.165, 1.54) is 0 Å².